The molecule has 0 unspecified atom stereocenters. The fourth-order valence-electron chi connectivity index (χ4n) is 2.83. The molecule has 2 N–H and O–H groups in total. The molecule has 0 fully saturated rings. The normalized spacial score (nSPS) is 10.3. The van der Waals surface area contributed by atoms with Crippen LogP contribution in [-0.2, 0) is 0 Å². The van der Waals surface area contributed by atoms with Gasteiger partial charge in [0.25, 0.3) is 11.8 Å². The van der Waals surface area contributed by atoms with Crippen molar-refractivity contribution in [1.82, 2.24) is 0 Å². The van der Waals surface area contributed by atoms with Gasteiger partial charge in [-0.1, -0.05) is 29.3 Å². The minimum absolute atomic E-state index is 0.0830. The number of amides is 2. The van der Waals surface area contributed by atoms with Crippen molar-refractivity contribution in [3.05, 3.63) is 92.0 Å². The molecule has 0 aliphatic rings. The summed E-state index contributed by atoms with van der Waals surface area (Å²) >= 11 is 11.9. The minimum atomic E-state index is -0.611. The van der Waals surface area contributed by atoms with Gasteiger partial charge in [0.2, 0.25) is 0 Å². The molecule has 0 aromatic heterocycles. The zero-order valence-electron chi connectivity index (χ0n) is 16.7. The van der Waals surface area contributed by atoms with E-state index in [1.165, 1.54) is 24.3 Å². The number of halogens is 2. The summed E-state index contributed by atoms with van der Waals surface area (Å²) < 4.78 is 5.23. The number of hydrogen-bond acceptors (Lipinski definition) is 5. The molecule has 164 valence electrons. The van der Waals surface area contributed by atoms with Crippen molar-refractivity contribution >= 4 is 52.1 Å². The van der Waals surface area contributed by atoms with Crippen LogP contribution in [0.2, 0.25) is 10.0 Å². The van der Waals surface area contributed by atoms with Crippen molar-refractivity contribution < 1.29 is 19.2 Å². The summed E-state index contributed by atoms with van der Waals surface area (Å²) in [5.74, 6) is -0.919. The lowest BCUT2D eigenvalue weighted by molar-refractivity contribution is -0.385. The van der Waals surface area contributed by atoms with Gasteiger partial charge >= 0.3 is 5.69 Å². The number of nitrogens with one attached hydrogen (secondary N) is 2. The fourth-order valence-corrected chi connectivity index (χ4v) is 3.32. The number of rotatable bonds is 7. The number of benzene rings is 3. The second-order valence-corrected chi connectivity index (χ2v) is 7.33. The summed E-state index contributed by atoms with van der Waals surface area (Å²) in [4.78, 5) is 35.7. The lowest BCUT2D eigenvalue weighted by Gasteiger charge is -2.10. The van der Waals surface area contributed by atoms with Gasteiger partial charge in [-0.3, -0.25) is 19.7 Å². The Labute approximate surface area is 193 Å². The van der Waals surface area contributed by atoms with Crippen LogP contribution in [0.5, 0.6) is 5.75 Å². The Morgan fingerprint density at radius 2 is 1.66 bits per heavy atom. The maximum absolute atomic E-state index is 12.6. The Balaban J connectivity index is 1.75. The highest BCUT2D eigenvalue weighted by Gasteiger charge is 2.19. The second kappa shape index (κ2) is 10.1. The molecule has 2 amide bonds. The van der Waals surface area contributed by atoms with Crippen LogP contribution >= 0.6 is 23.2 Å². The van der Waals surface area contributed by atoms with Crippen LogP contribution in [0.4, 0.5) is 17.1 Å². The standard InChI is InChI=1S/C22H17Cl2N3O5/c1-2-32-20-9-6-13(10-19(20)27(30)31)21(28)25-15-4-3-5-16(12-15)26-22(29)17-8-7-14(23)11-18(17)24/h3-12H,2H2,1H3,(H,25,28)(H,26,29). The van der Waals surface area contributed by atoms with E-state index in [1.807, 2.05) is 0 Å². The van der Waals surface area contributed by atoms with Crippen molar-refractivity contribution in [1.29, 1.82) is 0 Å². The summed E-state index contributed by atoms with van der Waals surface area (Å²) in [5.41, 5.74) is 0.818. The first kappa shape index (κ1) is 23.1. The smallest absolute Gasteiger partial charge is 0.311 e. The van der Waals surface area contributed by atoms with Crippen LogP contribution in [0.15, 0.2) is 60.7 Å². The van der Waals surface area contributed by atoms with E-state index in [2.05, 4.69) is 10.6 Å². The highest BCUT2D eigenvalue weighted by Crippen LogP contribution is 2.28. The van der Waals surface area contributed by atoms with E-state index in [0.29, 0.717) is 16.4 Å². The van der Waals surface area contributed by atoms with E-state index in [-0.39, 0.29) is 34.2 Å². The van der Waals surface area contributed by atoms with Crippen molar-refractivity contribution in [3.63, 3.8) is 0 Å². The average molecular weight is 474 g/mol. The minimum Gasteiger partial charge on any atom is -0.487 e. The predicted octanol–water partition coefficient (Wildman–Crippen LogP) is 5.80. The molecule has 0 aliphatic heterocycles. The number of hydrogen-bond donors (Lipinski definition) is 2. The molecule has 10 heteroatoms. The highest BCUT2D eigenvalue weighted by molar-refractivity contribution is 6.37. The van der Waals surface area contributed by atoms with Crippen molar-refractivity contribution in [3.8, 4) is 5.75 Å². The quantitative estimate of drug-likeness (QED) is 0.332. The number of nitrogens with zero attached hydrogens (tertiary/aromatic N) is 1. The second-order valence-electron chi connectivity index (χ2n) is 6.49. The zero-order chi connectivity index (χ0) is 23.3. The van der Waals surface area contributed by atoms with E-state index in [9.17, 15) is 19.7 Å². The first-order valence-electron chi connectivity index (χ1n) is 9.37. The molecule has 0 aliphatic carbocycles. The molecule has 0 radical (unpaired) electrons. The molecule has 0 heterocycles. The third kappa shape index (κ3) is 5.54. The molecule has 3 aromatic rings. The molecule has 3 aromatic carbocycles. The van der Waals surface area contributed by atoms with Gasteiger partial charge in [-0.25, -0.2) is 0 Å². The largest absolute Gasteiger partial charge is 0.487 e. The highest BCUT2D eigenvalue weighted by atomic mass is 35.5. The first-order valence-corrected chi connectivity index (χ1v) is 10.1. The lowest BCUT2D eigenvalue weighted by atomic mass is 10.1. The van der Waals surface area contributed by atoms with Gasteiger partial charge in [0.15, 0.2) is 5.75 Å². The molecule has 0 spiro atoms. The molecular formula is C22H17Cl2N3O5. The van der Waals surface area contributed by atoms with Crippen LogP contribution in [0.25, 0.3) is 0 Å². The molecule has 0 saturated heterocycles. The maximum atomic E-state index is 12.6. The SMILES string of the molecule is CCOc1ccc(C(=O)Nc2cccc(NC(=O)c3ccc(Cl)cc3Cl)c2)cc1[N+](=O)[O-]. The monoisotopic (exact) mass is 473 g/mol. The van der Waals surface area contributed by atoms with E-state index >= 15 is 0 Å². The molecule has 8 nitrogen and oxygen atoms in total. The first-order chi connectivity index (χ1) is 15.3. The van der Waals surface area contributed by atoms with Gasteiger partial charge in [0.1, 0.15) is 0 Å². The number of carbonyl (C=O) groups excluding carboxylic acids is 2. The van der Waals surface area contributed by atoms with Crippen molar-refractivity contribution in [2.45, 2.75) is 6.92 Å². The van der Waals surface area contributed by atoms with E-state index in [0.717, 1.165) is 6.07 Å². The van der Waals surface area contributed by atoms with Gasteiger partial charge in [-0.2, -0.15) is 0 Å². The Morgan fingerprint density at radius 1 is 0.969 bits per heavy atom. The Kier molecular flexibility index (Phi) is 7.29. The summed E-state index contributed by atoms with van der Waals surface area (Å²) in [5, 5.41) is 17.2. The Morgan fingerprint density at radius 3 is 2.28 bits per heavy atom. The lowest BCUT2D eigenvalue weighted by Crippen LogP contribution is -2.14. The number of ether oxygens (including phenoxy) is 1. The summed E-state index contributed by atoms with van der Waals surface area (Å²) in [6.07, 6.45) is 0. The molecule has 3 rings (SSSR count). The Bertz CT molecular complexity index is 1200. The van der Waals surface area contributed by atoms with E-state index in [1.54, 1.807) is 37.3 Å². The van der Waals surface area contributed by atoms with Crippen LogP contribution in [0.1, 0.15) is 27.6 Å². The van der Waals surface area contributed by atoms with Gasteiger partial charge in [0, 0.05) is 28.0 Å². The van der Waals surface area contributed by atoms with Crippen LogP contribution in [0, 0.1) is 10.1 Å². The summed E-state index contributed by atoms with van der Waals surface area (Å²) in [6.45, 7) is 1.96. The summed E-state index contributed by atoms with van der Waals surface area (Å²) in [7, 11) is 0. The zero-order valence-corrected chi connectivity index (χ0v) is 18.2. The number of nitro benzene ring substituents is 1. The van der Waals surface area contributed by atoms with E-state index < -0.39 is 16.7 Å². The van der Waals surface area contributed by atoms with Crippen LogP contribution in [0.3, 0.4) is 0 Å². The molecule has 0 atom stereocenters. The van der Waals surface area contributed by atoms with Gasteiger partial charge in [-0.05, 0) is 55.5 Å². The summed E-state index contributed by atoms with van der Waals surface area (Å²) in [6, 6.07) is 14.9. The molecule has 0 saturated carbocycles. The molecule has 0 bridgehead atoms. The average Bonchev–Trinajstić information content (AvgIpc) is 2.74. The number of nitro groups is 1. The van der Waals surface area contributed by atoms with Gasteiger partial charge in [0.05, 0.1) is 22.1 Å². The van der Waals surface area contributed by atoms with Crippen molar-refractivity contribution in [2.75, 3.05) is 17.2 Å². The third-order valence-corrected chi connectivity index (χ3v) is 4.82. The fraction of sp³-hybridized carbons (Fsp3) is 0.0909. The predicted molar refractivity (Wildman–Crippen MR) is 123 cm³/mol. The van der Waals surface area contributed by atoms with Crippen LogP contribution < -0.4 is 15.4 Å². The van der Waals surface area contributed by atoms with Crippen LogP contribution in [-0.4, -0.2) is 23.3 Å². The van der Waals surface area contributed by atoms with E-state index in [4.69, 9.17) is 27.9 Å². The van der Waals surface area contributed by atoms with Gasteiger partial charge in [-0.15, -0.1) is 0 Å². The Hall–Kier alpha value is -3.62. The topological polar surface area (TPSA) is 111 Å². The maximum Gasteiger partial charge on any atom is 0.311 e. The molecule has 32 heavy (non-hydrogen) atoms. The third-order valence-electron chi connectivity index (χ3n) is 4.27. The number of anilines is 2. The van der Waals surface area contributed by atoms with Crippen molar-refractivity contribution in [2.24, 2.45) is 0 Å². The van der Waals surface area contributed by atoms with Gasteiger partial charge < -0.3 is 15.4 Å². The molecular weight excluding hydrogens is 457 g/mol. The number of carbonyl (C=O) groups is 2.